The molecule has 192 valence electrons. The smallest absolute Gasteiger partial charge is 0.219 e. The van der Waals surface area contributed by atoms with Crippen LogP contribution in [0.25, 0.3) is 39.3 Å². The van der Waals surface area contributed by atoms with Gasteiger partial charge in [-0.15, -0.1) is 10.2 Å². The fourth-order valence-corrected chi connectivity index (χ4v) is 4.15. The van der Waals surface area contributed by atoms with Crippen LogP contribution in [-0.4, -0.2) is 4.98 Å². The highest BCUT2D eigenvalue weighted by Gasteiger charge is 2.24. The Morgan fingerprint density at radius 3 is 1.21 bits per heavy atom. The molecule has 5 aromatic rings. The average Bonchev–Trinajstić information content (AvgIpc) is 2.89. The first-order chi connectivity index (χ1) is 18.1. The van der Waals surface area contributed by atoms with Gasteiger partial charge in [0.25, 0.3) is 0 Å². The molecule has 2 heterocycles. The summed E-state index contributed by atoms with van der Waals surface area (Å²) in [4.78, 5) is 4.26. The van der Waals surface area contributed by atoms with E-state index in [1.807, 2.05) is 12.4 Å². The summed E-state index contributed by atoms with van der Waals surface area (Å²) in [5.74, 6) is 0. The number of halogens is 1. The predicted molar refractivity (Wildman–Crippen MR) is 136 cm³/mol. The summed E-state index contributed by atoms with van der Waals surface area (Å²) in [7, 11) is -4.94. The topological polar surface area (TPSA) is 109 Å². The lowest BCUT2D eigenvalue weighted by Crippen LogP contribution is -2.68. The summed E-state index contributed by atoms with van der Waals surface area (Å²) in [5.41, 5.74) is 11.9. The highest BCUT2D eigenvalue weighted by atomic mass is 35.7. The summed E-state index contributed by atoms with van der Waals surface area (Å²) >= 11 is 0. The first-order valence-electron chi connectivity index (χ1n) is 11.9. The van der Waals surface area contributed by atoms with E-state index in [4.69, 9.17) is 18.6 Å². The van der Waals surface area contributed by atoms with Gasteiger partial charge in [0.2, 0.25) is 17.1 Å². The van der Waals surface area contributed by atoms with Crippen molar-refractivity contribution < 1.29 is 33.4 Å². The van der Waals surface area contributed by atoms with Crippen LogP contribution in [0.3, 0.4) is 0 Å². The molecule has 6 nitrogen and oxygen atoms in total. The monoisotopic (exact) mass is 526 g/mol. The van der Waals surface area contributed by atoms with Gasteiger partial charge in [0.1, 0.15) is 0 Å². The summed E-state index contributed by atoms with van der Waals surface area (Å²) in [6.45, 7) is 6.38. The minimum Gasteiger partial charge on any atom is -0.264 e. The van der Waals surface area contributed by atoms with E-state index in [-0.39, 0.29) is 0 Å². The highest BCUT2D eigenvalue weighted by Crippen LogP contribution is 2.31. The Bertz CT molecular complexity index is 1430. The molecule has 0 saturated heterocycles. The maximum atomic E-state index is 8.49. The van der Waals surface area contributed by atoms with Crippen LogP contribution >= 0.6 is 0 Å². The molecule has 0 amide bonds. The summed E-state index contributed by atoms with van der Waals surface area (Å²) < 4.78 is 36.3. The molecule has 0 N–H and O–H groups in total. The molecule has 0 unspecified atom stereocenters. The van der Waals surface area contributed by atoms with E-state index in [2.05, 4.69) is 127 Å². The van der Waals surface area contributed by atoms with Gasteiger partial charge in [-0.3, -0.25) is 4.98 Å². The van der Waals surface area contributed by atoms with Crippen LogP contribution < -0.4 is 23.2 Å². The third-order valence-electron chi connectivity index (χ3n) is 6.07. The van der Waals surface area contributed by atoms with Crippen molar-refractivity contribution in [2.45, 2.75) is 20.8 Å². The number of hydrogen-bond donors (Lipinski definition) is 0. The Labute approximate surface area is 224 Å². The van der Waals surface area contributed by atoms with Crippen LogP contribution in [-0.2, 0) is 0 Å². The van der Waals surface area contributed by atoms with Crippen molar-refractivity contribution in [2.24, 2.45) is 0 Å². The number of aryl methyl sites for hydroxylation is 3. The zero-order valence-electron chi connectivity index (χ0n) is 21.3. The number of aromatic nitrogens is 2. The Balaban J connectivity index is 0.000000617. The van der Waals surface area contributed by atoms with E-state index in [1.54, 1.807) is 0 Å². The van der Waals surface area contributed by atoms with Gasteiger partial charge in [-0.1, -0.05) is 65.2 Å². The Morgan fingerprint density at radius 2 is 0.842 bits per heavy atom. The van der Waals surface area contributed by atoms with Crippen molar-refractivity contribution in [3.8, 4) is 39.3 Å². The second kappa shape index (κ2) is 11.6. The minimum atomic E-state index is -4.94. The minimum absolute atomic E-state index is 1.09. The fourth-order valence-electron chi connectivity index (χ4n) is 4.15. The lowest BCUT2D eigenvalue weighted by Gasteiger charge is -2.17. The molecule has 0 bridgehead atoms. The van der Waals surface area contributed by atoms with Crippen molar-refractivity contribution in [1.29, 1.82) is 0 Å². The first-order valence-corrected chi connectivity index (χ1v) is 13.2. The van der Waals surface area contributed by atoms with Crippen LogP contribution in [0.1, 0.15) is 16.7 Å². The average molecular weight is 527 g/mol. The van der Waals surface area contributed by atoms with E-state index < -0.39 is 10.2 Å². The molecule has 38 heavy (non-hydrogen) atoms. The molecular weight excluding hydrogens is 500 g/mol. The molecule has 0 atom stereocenters. The Kier molecular flexibility index (Phi) is 8.32. The van der Waals surface area contributed by atoms with Crippen LogP contribution in [0.4, 0.5) is 0 Å². The lowest BCUT2D eigenvalue weighted by atomic mass is 9.97. The Morgan fingerprint density at radius 1 is 0.500 bits per heavy atom. The van der Waals surface area contributed by atoms with E-state index >= 15 is 0 Å². The van der Waals surface area contributed by atoms with Gasteiger partial charge in [-0.2, -0.15) is 4.57 Å². The quantitative estimate of drug-likeness (QED) is 0.334. The van der Waals surface area contributed by atoms with Gasteiger partial charge in [-0.25, -0.2) is 18.6 Å². The largest absolute Gasteiger partial charge is 0.264 e. The molecule has 0 aliphatic heterocycles. The second-order valence-corrected chi connectivity index (χ2v) is 9.79. The van der Waals surface area contributed by atoms with Gasteiger partial charge < -0.3 is 0 Å². The molecule has 2 aromatic heterocycles. The zero-order chi connectivity index (χ0) is 27.3. The van der Waals surface area contributed by atoms with E-state index in [0.717, 1.165) is 17.1 Å². The van der Waals surface area contributed by atoms with Crippen molar-refractivity contribution in [3.05, 3.63) is 126 Å². The second-order valence-electron chi connectivity index (χ2n) is 9.03. The third-order valence-corrected chi connectivity index (χ3v) is 6.07. The molecule has 3 aromatic carbocycles. The summed E-state index contributed by atoms with van der Waals surface area (Å²) in [6, 6.07) is 35.0. The molecule has 0 fully saturated rings. The molecule has 7 heteroatoms. The highest BCUT2D eigenvalue weighted by molar-refractivity contribution is 5.74. The maximum absolute atomic E-state index is 8.49. The van der Waals surface area contributed by atoms with Crippen LogP contribution in [0, 0.1) is 31.0 Å². The molecular formula is C31H27ClN2O4. The van der Waals surface area contributed by atoms with E-state index in [9.17, 15) is 0 Å². The normalized spacial score (nSPS) is 11.0. The maximum Gasteiger partial charge on any atom is 0.219 e. The predicted octanol–water partition coefficient (Wildman–Crippen LogP) is 2.53. The lowest BCUT2D eigenvalue weighted by molar-refractivity contribution is -2.00. The van der Waals surface area contributed by atoms with Gasteiger partial charge in [-0.05, 0) is 56.2 Å². The van der Waals surface area contributed by atoms with Crippen molar-refractivity contribution in [2.75, 3.05) is 0 Å². The first kappa shape index (κ1) is 27.1. The number of hydrogen-bond acceptors (Lipinski definition) is 5. The molecule has 0 saturated carbocycles. The van der Waals surface area contributed by atoms with Crippen LogP contribution in [0.5, 0.6) is 0 Å². The van der Waals surface area contributed by atoms with Gasteiger partial charge in [0.05, 0.1) is 0 Å². The summed E-state index contributed by atoms with van der Waals surface area (Å²) in [6.07, 6.45) is 3.71. The van der Waals surface area contributed by atoms with E-state index in [0.29, 0.717) is 0 Å². The van der Waals surface area contributed by atoms with Crippen molar-refractivity contribution >= 4 is 0 Å². The van der Waals surface area contributed by atoms with E-state index in [1.165, 1.54) is 38.9 Å². The van der Waals surface area contributed by atoms with Crippen LogP contribution in [0.15, 0.2) is 109 Å². The van der Waals surface area contributed by atoms with Gasteiger partial charge >= 0.3 is 0 Å². The molecule has 0 spiro atoms. The Hall–Kier alpha value is -3.91. The van der Waals surface area contributed by atoms with Crippen molar-refractivity contribution in [3.63, 3.8) is 0 Å². The van der Waals surface area contributed by atoms with Crippen LogP contribution in [0.2, 0.25) is 0 Å². The standard InChI is InChI=1S/C31H27N2.ClHO4/c1-22-4-10-25(11-5-22)28-20-30(26-12-6-23(2)7-13-26)33(29-16-18-32-19-17-29)31(21-28)27-14-8-24(3)9-15-27;2-1(3,4)5/h4-21H,1-3H3;(H,2,3,4,5)/q+1;/p-1. The number of nitrogens with zero attached hydrogens (tertiary/aromatic N) is 2. The molecule has 0 radical (unpaired) electrons. The van der Waals surface area contributed by atoms with Crippen molar-refractivity contribution in [1.82, 2.24) is 4.98 Å². The third kappa shape index (κ3) is 7.10. The zero-order valence-corrected chi connectivity index (χ0v) is 22.1. The molecule has 0 aliphatic rings. The SMILES string of the molecule is Cc1ccc(-c2cc(-c3ccc(C)cc3)[n+](-c3ccncc3)c(-c3ccc(C)cc3)c2)cc1.[O-][Cl+3]([O-])([O-])[O-]. The summed E-state index contributed by atoms with van der Waals surface area (Å²) in [5, 5.41) is 0. The fraction of sp³-hybridized carbons (Fsp3) is 0.0968. The number of rotatable bonds is 4. The van der Waals surface area contributed by atoms with Gasteiger partial charge in [0.15, 0.2) is 0 Å². The molecule has 5 rings (SSSR count). The number of benzene rings is 3. The molecule has 0 aliphatic carbocycles. The van der Waals surface area contributed by atoms with Gasteiger partial charge in [0, 0.05) is 47.8 Å². The number of pyridine rings is 2.